The molecule has 3 rings (SSSR count). The lowest BCUT2D eigenvalue weighted by Gasteiger charge is -2.06. The molecule has 10 heteroatoms. The molecule has 0 aliphatic heterocycles. The van der Waals surface area contributed by atoms with Gasteiger partial charge in [0.1, 0.15) is 5.82 Å². The van der Waals surface area contributed by atoms with Crippen molar-refractivity contribution in [1.82, 2.24) is 4.98 Å². The Bertz CT molecular complexity index is 1090. The molecule has 3 aromatic rings. The lowest BCUT2D eigenvalue weighted by molar-refractivity contribution is -0.114. The molecule has 0 aliphatic rings. The molecular weight excluding hydrogens is 439 g/mol. The highest BCUT2D eigenvalue weighted by Crippen LogP contribution is 2.21. The minimum Gasteiger partial charge on any atom is -0.326 e. The van der Waals surface area contributed by atoms with Crippen LogP contribution in [-0.2, 0) is 15.3 Å². The van der Waals surface area contributed by atoms with Crippen molar-refractivity contribution in [1.29, 1.82) is 0 Å². The van der Waals surface area contributed by atoms with Gasteiger partial charge in [-0.05, 0) is 42.5 Å². The molecule has 0 aliphatic carbocycles. The minimum atomic E-state index is -0.481. The molecule has 0 unspecified atom stereocenters. The quantitative estimate of drug-likeness (QED) is 0.466. The highest BCUT2D eigenvalue weighted by atomic mass is 32.2. The van der Waals surface area contributed by atoms with Crippen LogP contribution in [0.3, 0.4) is 0 Å². The molecule has 0 bridgehead atoms. The fourth-order valence-electron chi connectivity index (χ4n) is 2.52. The zero-order chi connectivity index (χ0) is 22.2. The summed E-state index contributed by atoms with van der Waals surface area (Å²) in [5.41, 5.74) is 2.24. The van der Waals surface area contributed by atoms with Gasteiger partial charge in [-0.2, -0.15) is 0 Å². The molecule has 160 valence electrons. The smallest absolute Gasteiger partial charge is 0.257 e. The molecule has 3 N–H and O–H groups in total. The topological polar surface area (TPSA) is 100 Å². The van der Waals surface area contributed by atoms with E-state index in [1.54, 1.807) is 29.6 Å². The number of nitrogens with zero attached hydrogens (tertiary/aromatic N) is 1. The van der Waals surface area contributed by atoms with Crippen molar-refractivity contribution >= 4 is 57.3 Å². The van der Waals surface area contributed by atoms with Gasteiger partial charge in [-0.3, -0.25) is 19.7 Å². The van der Waals surface area contributed by atoms with Crippen LogP contribution in [0.1, 0.15) is 23.0 Å². The van der Waals surface area contributed by atoms with E-state index >= 15 is 0 Å². The van der Waals surface area contributed by atoms with E-state index in [0.29, 0.717) is 22.3 Å². The van der Waals surface area contributed by atoms with Gasteiger partial charge in [0.05, 0.1) is 11.4 Å². The van der Waals surface area contributed by atoms with Crippen LogP contribution in [0, 0.1) is 5.82 Å². The van der Waals surface area contributed by atoms with Crippen LogP contribution >= 0.6 is 23.1 Å². The second-order valence-corrected chi connectivity index (χ2v) is 8.25. The maximum absolute atomic E-state index is 13.2. The maximum Gasteiger partial charge on any atom is 0.257 e. The van der Waals surface area contributed by atoms with Crippen LogP contribution < -0.4 is 16.0 Å². The van der Waals surface area contributed by atoms with E-state index < -0.39 is 11.7 Å². The third-order valence-corrected chi connectivity index (χ3v) is 5.60. The largest absolute Gasteiger partial charge is 0.326 e. The second-order valence-electron chi connectivity index (χ2n) is 6.41. The molecular formula is C21H19FN4O3S2. The highest BCUT2D eigenvalue weighted by molar-refractivity contribution is 7.99. The Morgan fingerprint density at radius 1 is 1.03 bits per heavy atom. The third kappa shape index (κ3) is 7.19. The number of hydrogen-bond acceptors (Lipinski definition) is 6. The molecule has 1 aromatic heterocycles. The zero-order valence-electron chi connectivity index (χ0n) is 16.5. The summed E-state index contributed by atoms with van der Waals surface area (Å²) in [7, 11) is 0. The zero-order valence-corrected chi connectivity index (χ0v) is 18.1. The van der Waals surface area contributed by atoms with Gasteiger partial charge >= 0.3 is 0 Å². The lowest BCUT2D eigenvalue weighted by atomic mass is 10.2. The van der Waals surface area contributed by atoms with Gasteiger partial charge in [0, 0.05) is 35.0 Å². The Kier molecular flexibility index (Phi) is 7.74. The number of nitrogens with one attached hydrogen (secondary N) is 3. The van der Waals surface area contributed by atoms with Crippen LogP contribution in [0.15, 0.2) is 53.9 Å². The number of aromatic nitrogens is 1. The van der Waals surface area contributed by atoms with Crippen molar-refractivity contribution in [2.75, 3.05) is 21.7 Å². The van der Waals surface area contributed by atoms with Gasteiger partial charge in [-0.25, -0.2) is 9.37 Å². The summed E-state index contributed by atoms with van der Waals surface area (Å²) in [4.78, 5) is 39.6. The SMILES string of the molecule is CC(=O)Nc1ccc(NC(=O)CSCc2csc(NC(=O)c3cccc(F)c3)n2)cc1. The first-order valence-electron chi connectivity index (χ1n) is 9.15. The number of thioether (sulfide) groups is 1. The van der Waals surface area contributed by atoms with Crippen LogP contribution in [0.2, 0.25) is 0 Å². The van der Waals surface area contributed by atoms with Gasteiger partial charge in [0.25, 0.3) is 5.91 Å². The lowest BCUT2D eigenvalue weighted by Crippen LogP contribution is -2.14. The Morgan fingerprint density at radius 2 is 1.74 bits per heavy atom. The van der Waals surface area contributed by atoms with E-state index in [1.807, 2.05) is 0 Å². The van der Waals surface area contributed by atoms with Crippen LogP contribution in [0.4, 0.5) is 20.9 Å². The van der Waals surface area contributed by atoms with E-state index in [4.69, 9.17) is 0 Å². The van der Waals surface area contributed by atoms with Crippen LogP contribution in [0.5, 0.6) is 0 Å². The van der Waals surface area contributed by atoms with E-state index in [2.05, 4.69) is 20.9 Å². The fourth-order valence-corrected chi connectivity index (χ4v) is 4.04. The molecule has 1 heterocycles. The Morgan fingerprint density at radius 3 is 2.42 bits per heavy atom. The maximum atomic E-state index is 13.2. The van der Waals surface area contributed by atoms with Crippen LogP contribution in [0.25, 0.3) is 0 Å². The molecule has 31 heavy (non-hydrogen) atoms. The molecule has 0 fully saturated rings. The number of hydrogen-bond donors (Lipinski definition) is 3. The highest BCUT2D eigenvalue weighted by Gasteiger charge is 2.11. The van der Waals surface area contributed by atoms with Crippen molar-refractivity contribution in [3.8, 4) is 0 Å². The number of anilines is 3. The number of rotatable bonds is 8. The van der Waals surface area contributed by atoms with Crippen molar-refractivity contribution < 1.29 is 18.8 Å². The van der Waals surface area contributed by atoms with Gasteiger partial charge in [-0.15, -0.1) is 23.1 Å². The number of benzene rings is 2. The minimum absolute atomic E-state index is 0.160. The van der Waals surface area contributed by atoms with Gasteiger partial charge in [0.15, 0.2) is 5.13 Å². The molecule has 0 saturated carbocycles. The Hall–Kier alpha value is -3.24. The Balaban J connectivity index is 1.42. The summed E-state index contributed by atoms with van der Waals surface area (Å²) in [6.07, 6.45) is 0. The van der Waals surface area contributed by atoms with E-state index in [9.17, 15) is 18.8 Å². The predicted octanol–water partition coefficient (Wildman–Crippen LogP) is 4.36. The monoisotopic (exact) mass is 458 g/mol. The molecule has 0 saturated heterocycles. The van der Waals surface area contributed by atoms with Crippen molar-refractivity contribution in [3.05, 3.63) is 71.0 Å². The summed E-state index contributed by atoms with van der Waals surface area (Å²) in [5.74, 6) is -0.501. The number of halogens is 1. The molecule has 2 aromatic carbocycles. The van der Waals surface area contributed by atoms with E-state index in [-0.39, 0.29) is 23.1 Å². The molecule has 0 atom stereocenters. The van der Waals surface area contributed by atoms with Gasteiger partial charge < -0.3 is 10.6 Å². The molecule has 7 nitrogen and oxygen atoms in total. The average Bonchev–Trinajstić information content (AvgIpc) is 3.16. The van der Waals surface area contributed by atoms with Crippen molar-refractivity contribution in [2.24, 2.45) is 0 Å². The molecule has 3 amide bonds. The molecule has 0 radical (unpaired) electrons. The summed E-state index contributed by atoms with van der Waals surface area (Å²) >= 11 is 2.65. The third-order valence-electron chi connectivity index (χ3n) is 3.83. The van der Waals surface area contributed by atoms with Gasteiger partial charge in [0.2, 0.25) is 11.8 Å². The first-order chi connectivity index (χ1) is 14.9. The first kappa shape index (κ1) is 22.4. The normalized spacial score (nSPS) is 10.4. The summed E-state index contributed by atoms with van der Waals surface area (Å²) in [5, 5.41) is 10.3. The summed E-state index contributed by atoms with van der Waals surface area (Å²) < 4.78 is 13.2. The average molecular weight is 459 g/mol. The number of thiazole rings is 1. The first-order valence-corrected chi connectivity index (χ1v) is 11.2. The standard InChI is InChI=1S/C21H19FN4O3S2/c1-13(27)23-16-5-7-17(8-6-16)24-19(28)12-30-10-18-11-31-21(25-18)26-20(29)14-3-2-4-15(22)9-14/h2-9,11H,10,12H2,1H3,(H,23,27)(H,24,28)(H,25,26,29). The fraction of sp³-hybridized carbons (Fsp3) is 0.143. The van der Waals surface area contributed by atoms with Gasteiger partial charge in [-0.1, -0.05) is 6.07 Å². The van der Waals surface area contributed by atoms with Crippen LogP contribution in [-0.4, -0.2) is 28.5 Å². The predicted molar refractivity (Wildman–Crippen MR) is 122 cm³/mol. The second kappa shape index (κ2) is 10.7. The van der Waals surface area contributed by atoms with Crippen molar-refractivity contribution in [2.45, 2.75) is 12.7 Å². The number of amides is 3. The number of carbonyl (C=O) groups is 3. The molecule has 0 spiro atoms. The number of carbonyl (C=O) groups excluding carboxylic acids is 3. The summed E-state index contributed by atoms with van der Waals surface area (Å²) in [6.45, 7) is 1.43. The van der Waals surface area contributed by atoms with Crippen molar-refractivity contribution in [3.63, 3.8) is 0 Å². The Labute approximate surface area is 186 Å². The van der Waals surface area contributed by atoms with E-state index in [1.165, 1.54) is 48.2 Å². The van der Waals surface area contributed by atoms with E-state index in [0.717, 1.165) is 11.8 Å². The summed E-state index contributed by atoms with van der Waals surface area (Å²) in [6, 6.07) is 12.3.